The Labute approximate surface area is 121 Å². The van der Waals surface area contributed by atoms with Crippen LogP contribution >= 0.6 is 39.9 Å². The lowest BCUT2D eigenvalue weighted by Crippen LogP contribution is -2.26. The van der Waals surface area contributed by atoms with Crippen LogP contribution in [0.1, 0.15) is 12.0 Å². The summed E-state index contributed by atoms with van der Waals surface area (Å²) in [6.45, 7) is 1.15. The molecule has 0 radical (unpaired) electrons. The molecule has 6 heteroatoms. The molecular formula is C11H15BrCl2N2O. The number of amides is 1. The first-order valence-electron chi connectivity index (χ1n) is 4.98. The van der Waals surface area contributed by atoms with Crippen molar-refractivity contribution in [1.82, 2.24) is 10.6 Å². The van der Waals surface area contributed by atoms with Crippen molar-refractivity contribution in [2.75, 3.05) is 13.6 Å². The zero-order chi connectivity index (χ0) is 12.0. The van der Waals surface area contributed by atoms with Crippen molar-refractivity contribution in [2.24, 2.45) is 0 Å². The summed E-state index contributed by atoms with van der Waals surface area (Å²) in [5.41, 5.74) is 0.919. The molecule has 0 aliphatic heterocycles. The van der Waals surface area contributed by atoms with Crippen LogP contribution in [0, 0.1) is 0 Å². The van der Waals surface area contributed by atoms with Crippen LogP contribution < -0.4 is 10.6 Å². The minimum atomic E-state index is 0. The maximum absolute atomic E-state index is 11.4. The summed E-state index contributed by atoms with van der Waals surface area (Å²) in [6.07, 6.45) is 0.477. The minimum Gasteiger partial charge on any atom is -0.352 e. The van der Waals surface area contributed by atoms with Gasteiger partial charge in [0, 0.05) is 29.0 Å². The SMILES string of the molecule is CNCCC(=O)NCc1ccc(Br)cc1Cl.Cl. The Morgan fingerprint density at radius 1 is 1.47 bits per heavy atom. The molecule has 0 atom stereocenters. The van der Waals surface area contributed by atoms with Crippen molar-refractivity contribution in [3.05, 3.63) is 33.3 Å². The van der Waals surface area contributed by atoms with E-state index in [1.807, 2.05) is 25.2 Å². The van der Waals surface area contributed by atoms with Crippen molar-refractivity contribution in [3.8, 4) is 0 Å². The molecule has 0 spiro atoms. The van der Waals surface area contributed by atoms with Gasteiger partial charge in [-0.2, -0.15) is 0 Å². The van der Waals surface area contributed by atoms with Gasteiger partial charge in [-0.05, 0) is 24.7 Å². The molecule has 0 fully saturated rings. The maximum atomic E-state index is 11.4. The fourth-order valence-electron chi connectivity index (χ4n) is 1.19. The van der Waals surface area contributed by atoms with Crippen LogP contribution in [0.5, 0.6) is 0 Å². The largest absolute Gasteiger partial charge is 0.352 e. The Hall–Kier alpha value is -0.290. The van der Waals surface area contributed by atoms with Crippen LogP contribution in [0.25, 0.3) is 0 Å². The van der Waals surface area contributed by atoms with Crippen molar-refractivity contribution >= 4 is 45.8 Å². The van der Waals surface area contributed by atoms with Crippen LogP contribution in [0.15, 0.2) is 22.7 Å². The third-order valence-corrected chi connectivity index (χ3v) is 2.94. The van der Waals surface area contributed by atoms with Gasteiger partial charge in [0.05, 0.1) is 0 Å². The Morgan fingerprint density at radius 2 is 2.18 bits per heavy atom. The summed E-state index contributed by atoms with van der Waals surface area (Å²) in [4.78, 5) is 11.4. The molecule has 17 heavy (non-hydrogen) atoms. The number of hydrogen-bond acceptors (Lipinski definition) is 2. The highest BCUT2D eigenvalue weighted by Gasteiger charge is 2.03. The summed E-state index contributed by atoms with van der Waals surface area (Å²) >= 11 is 9.35. The van der Waals surface area contributed by atoms with Crippen LogP contribution in [0.3, 0.4) is 0 Å². The summed E-state index contributed by atoms with van der Waals surface area (Å²) in [6, 6.07) is 5.61. The first-order valence-corrected chi connectivity index (χ1v) is 6.16. The Kier molecular flexibility index (Phi) is 8.60. The highest BCUT2D eigenvalue weighted by atomic mass is 79.9. The van der Waals surface area contributed by atoms with Gasteiger partial charge in [0.1, 0.15) is 0 Å². The Balaban J connectivity index is 0.00000256. The van der Waals surface area contributed by atoms with Crippen LogP contribution in [-0.4, -0.2) is 19.5 Å². The van der Waals surface area contributed by atoms with Gasteiger partial charge < -0.3 is 10.6 Å². The number of carbonyl (C=O) groups is 1. The van der Waals surface area contributed by atoms with Gasteiger partial charge in [-0.25, -0.2) is 0 Å². The number of rotatable bonds is 5. The average molecular weight is 342 g/mol. The quantitative estimate of drug-likeness (QED) is 0.864. The van der Waals surface area contributed by atoms with Crippen molar-refractivity contribution in [1.29, 1.82) is 0 Å². The molecule has 0 bridgehead atoms. The number of benzene rings is 1. The van der Waals surface area contributed by atoms with Crippen molar-refractivity contribution < 1.29 is 4.79 Å². The smallest absolute Gasteiger partial charge is 0.221 e. The Morgan fingerprint density at radius 3 is 2.76 bits per heavy atom. The van der Waals surface area contributed by atoms with Gasteiger partial charge in [-0.15, -0.1) is 12.4 Å². The van der Waals surface area contributed by atoms with E-state index in [-0.39, 0.29) is 18.3 Å². The van der Waals surface area contributed by atoms with E-state index in [4.69, 9.17) is 11.6 Å². The highest BCUT2D eigenvalue weighted by Crippen LogP contribution is 2.21. The van der Waals surface area contributed by atoms with Crippen LogP contribution in [-0.2, 0) is 11.3 Å². The number of nitrogens with one attached hydrogen (secondary N) is 2. The van der Waals surface area contributed by atoms with Crippen molar-refractivity contribution in [3.63, 3.8) is 0 Å². The molecule has 1 rings (SSSR count). The summed E-state index contributed by atoms with van der Waals surface area (Å²) in [5, 5.41) is 6.39. The van der Waals surface area contributed by atoms with Crippen molar-refractivity contribution in [2.45, 2.75) is 13.0 Å². The molecule has 1 aromatic rings. The maximum Gasteiger partial charge on any atom is 0.221 e. The van der Waals surface area contributed by atoms with E-state index in [0.29, 0.717) is 24.5 Å². The van der Waals surface area contributed by atoms with Gasteiger partial charge in [0.15, 0.2) is 0 Å². The molecule has 96 valence electrons. The van der Waals surface area contributed by atoms with Gasteiger partial charge in [-0.1, -0.05) is 33.6 Å². The van der Waals surface area contributed by atoms with E-state index in [9.17, 15) is 4.79 Å². The second kappa shape index (κ2) is 8.75. The summed E-state index contributed by atoms with van der Waals surface area (Å²) in [7, 11) is 1.82. The molecule has 1 aromatic carbocycles. The topological polar surface area (TPSA) is 41.1 Å². The molecule has 0 saturated heterocycles. The zero-order valence-corrected chi connectivity index (χ0v) is 12.6. The fraction of sp³-hybridized carbons (Fsp3) is 0.364. The molecule has 0 aromatic heterocycles. The first kappa shape index (κ1) is 16.7. The van der Waals surface area contributed by atoms with E-state index in [1.54, 1.807) is 0 Å². The molecule has 0 heterocycles. The van der Waals surface area contributed by atoms with Gasteiger partial charge in [-0.3, -0.25) is 4.79 Å². The molecule has 0 saturated carbocycles. The fourth-order valence-corrected chi connectivity index (χ4v) is 1.93. The normalized spacial score (nSPS) is 9.59. The van der Waals surface area contributed by atoms with E-state index in [1.165, 1.54) is 0 Å². The van der Waals surface area contributed by atoms with Crippen LogP contribution in [0.4, 0.5) is 0 Å². The summed E-state index contributed by atoms with van der Waals surface area (Å²) in [5.74, 6) is 0.0216. The molecule has 2 N–H and O–H groups in total. The molecular weight excluding hydrogens is 327 g/mol. The van der Waals surface area contributed by atoms with Gasteiger partial charge >= 0.3 is 0 Å². The van der Waals surface area contributed by atoms with E-state index < -0.39 is 0 Å². The predicted octanol–water partition coefficient (Wildman–Crippen LogP) is 2.75. The molecule has 1 amide bonds. The summed E-state index contributed by atoms with van der Waals surface area (Å²) < 4.78 is 0.933. The third kappa shape index (κ3) is 6.27. The monoisotopic (exact) mass is 340 g/mol. The molecule has 0 aliphatic rings. The lowest BCUT2D eigenvalue weighted by atomic mass is 10.2. The van der Waals surface area contributed by atoms with E-state index >= 15 is 0 Å². The predicted molar refractivity (Wildman–Crippen MR) is 76.8 cm³/mol. The second-order valence-electron chi connectivity index (χ2n) is 3.37. The van der Waals surface area contributed by atoms with Crippen LogP contribution in [0.2, 0.25) is 5.02 Å². The number of hydrogen-bond donors (Lipinski definition) is 2. The highest BCUT2D eigenvalue weighted by molar-refractivity contribution is 9.10. The number of halogens is 3. The minimum absolute atomic E-state index is 0. The number of carbonyl (C=O) groups excluding carboxylic acids is 1. The average Bonchev–Trinajstić information content (AvgIpc) is 2.25. The molecule has 3 nitrogen and oxygen atoms in total. The standard InChI is InChI=1S/C11H14BrClN2O.ClH/c1-14-5-4-11(16)15-7-8-2-3-9(12)6-10(8)13;/h2-3,6,14H,4-5,7H2,1H3,(H,15,16);1H. The third-order valence-electron chi connectivity index (χ3n) is 2.09. The van der Waals surface area contributed by atoms with Gasteiger partial charge in [0.2, 0.25) is 5.91 Å². The Bertz CT molecular complexity index is 374. The first-order chi connectivity index (χ1) is 7.63. The van der Waals surface area contributed by atoms with E-state index in [0.717, 1.165) is 10.0 Å². The zero-order valence-electron chi connectivity index (χ0n) is 9.43. The lowest BCUT2D eigenvalue weighted by Gasteiger charge is -2.07. The second-order valence-corrected chi connectivity index (χ2v) is 4.69. The lowest BCUT2D eigenvalue weighted by molar-refractivity contribution is -0.121. The molecule has 0 aliphatic carbocycles. The molecule has 0 unspecified atom stereocenters. The van der Waals surface area contributed by atoms with Gasteiger partial charge in [0.25, 0.3) is 0 Å². The van der Waals surface area contributed by atoms with E-state index in [2.05, 4.69) is 26.6 Å².